The van der Waals surface area contributed by atoms with Gasteiger partial charge >= 0.3 is 0 Å². The first-order chi connectivity index (χ1) is 17.7. The van der Waals surface area contributed by atoms with Gasteiger partial charge in [-0.3, -0.25) is 14.3 Å². The summed E-state index contributed by atoms with van der Waals surface area (Å²) in [5.74, 6) is 0.983. The second-order valence-corrected chi connectivity index (χ2v) is 10.3. The zero-order chi connectivity index (χ0) is 26.2. The second-order valence-electron chi connectivity index (χ2n) is 10.3. The Hall–Kier alpha value is -3.98. The largest absolute Gasteiger partial charge is 0.347 e. The maximum absolute atomic E-state index is 12.8. The number of likely N-dealkylation sites (N-methyl/N-ethyl adjacent to an activating group) is 1. The molecule has 0 aliphatic carbocycles. The minimum atomic E-state index is -0.854. The van der Waals surface area contributed by atoms with Crippen molar-refractivity contribution in [1.82, 2.24) is 30.0 Å². The van der Waals surface area contributed by atoms with Crippen molar-refractivity contribution in [2.24, 2.45) is 0 Å². The van der Waals surface area contributed by atoms with E-state index < -0.39 is 5.54 Å². The molecule has 1 aliphatic rings. The van der Waals surface area contributed by atoms with Gasteiger partial charge in [0.25, 0.3) is 5.56 Å². The fourth-order valence-corrected chi connectivity index (χ4v) is 4.99. The highest BCUT2D eigenvalue weighted by molar-refractivity contribution is 5.95. The fraction of sp³-hybridized carbons (Fsp3) is 0.357. The van der Waals surface area contributed by atoms with Crippen molar-refractivity contribution in [3.05, 3.63) is 70.9 Å². The van der Waals surface area contributed by atoms with Crippen LogP contribution in [0.3, 0.4) is 0 Å². The molecule has 1 fully saturated rings. The molecule has 0 radical (unpaired) electrons. The van der Waals surface area contributed by atoms with Crippen molar-refractivity contribution >= 4 is 28.2 Å². The van der Waals surface area contributed by atoms with Gasteiger partial charge in [-0.25, -0.2) is 4.98 Å². The smallest absolute Gasteiger partial charge is 0.259 e. The molecule has 0 spiro atoms. The number of benzene rings is 1. The summed E-state index contributed by atoms with van der Waals surface area (Å²) >= 11 is 0. The number of amides is 1. The number of nitrogens with zero attached hydrogens (tertiary/aromatic N) is 4. The van der Waals surface area contributed by atoms with Crippen LogP contribution in [0.15, 0.2) is 59.8 Å². The number of carbonyl (C=O) groups excluding carboxylic acids is 1. The minimum Gasteiger partial charge on any atom is -0.347 e. The Kier molecular flexibility index (Phi) is 6.55. The number of pyridine rings is 2. The number of aromatic nitrogens is 4. The summed E-state index contributed by atoms with van der Waals surface area (Å²) in [6.45, 7) is 5.76. The minimum absolute atomic E-state index is 0.0598. The van der Waals surface area contributed by atoms with Crippen molar-refractivity contribution < 1.29 is 4.79 Å². The second kappa shape index (κ2) is 9.82. The van der Waals surface area contributed by atoms with E-state index in [0.29, 0.717) is 22.8 Å². The Labute approximate surface area is 215 Å². The number of piperidine rings is 1. The molecular weight excluding hydrogens is 466 g/mol. The highest BCUT2D eigenvalue weighted by atomic mass is 16.2. The number of H-pyrrole nitrogens is 1. The molecule has 1 amide bonds. The summed E-state index contributed by atoms with van der Waals surface area (Å²) in [4.78, 5) is 34.6. The van der Waals surface area contributed by atoms with E-state index in [1.165, 1.54) is 5.56 Å². The van der Waals surface area contributed by atoms with Gasteiger partial charge in [0.2, 0.25) is 5.91 Å². The van der Waals surface area contributed by atoms with Crippen LogP contribution >= 0.6 is 0 Å². The zero-order valence-corrected chi connectivity index (χ0v) is 21.7. The van der Waals surface area contributed by atoms with Gasteiger partial charge in [0, 0.05) is 37.7 Å². The van der Waals surface area contributed by atoms with Crippen LogP contribution in [0.25, 0.3) is 22.0 Å². The van der Waals surface area contributed by atoms with Gasteiger partial charge in [-0.05, 0) is 80.9 Å². The van der Waals surface area contributed by atoms with Crippen LogP contribution in [0, 0.1) is 0 Å². The van der Waals surface area contributed by atoms with Crippen LogP contribution in [0.2, 0.25) is 0 Å². The zero-order valence-electron chi connectivity index (χ0n) is 21.7. The predicted molar refractivity (Wildman–Crippen MR) is 146 cm³/mol. The van der Waals surface area contributed by atoms with Crippen LogP contribution in [0.4, 0.5) is 11.5 Å². The Balaban J connectivity index is 1.50. The molecule has 1 aromatic carbocycles. The van der Waals surface area contributed by atoms with Gasteiger partial charge < -0.3 is 20.5 Å². The van der Waals surface area contributed by atoms with Gasteiger partial charge in [0.1, 0.15) is 11.4 Å². The number of aromatic amines is 1. The van der Waals surface area contributed by atoms with E-state index in [0.717, 1.165) is 42.6 Å². The maximum atomic E-state index is 12.8. The normalized spacial score (nSPS) is 14.6. The number of nitrogens with one attached hydrogen (secondary N) is 3. The van der Waals surface area contributed by atoms with Crippen LogP contribution in [0.5, 0.6) is 0 Å². The first-order valence-electron chi connectivity index (χ1n) is 12.6. The average molecular weight is 500 g/mol. The highest BCUT2D eigenvalue weighted by Gasteiger charge is 2.32. The molecule has 4 heterocycles. The summed E-state index contributed by atoms with van der Waals surface area (Å²) in [5, 5.41) is 12.5. The number of hydrogen-bond donors (Lipinski definition) is 3. The van der Waals surface area contributed by atoms with E-state index in [1.807, 2.05) is 44.3 Å². The van der Waals surface area contributed by atoms with Crippen molar-refractivity contribution in [2.75, 3.05) is 32.5 Å². The van der Waals surface area contributed by atoms with E-state index in [1.54, 1.807) is 36.1 Å². The molecule has 0 unspecified atom stereocenters. The van der Waals surface area contributed by atoms with Crippen molar-refractivity contribution in [3.8, 4) is 11.3 Å². The summed E-state index contributed by atoms with van der Waals surface area (Å²) in [5.41, 5.74) is 2.54. The van der Waals surface area contributed by atoms with E-state index >= 15 is 0 Å². The summed E-state index contributed by atoms with van der Waals surface area (Å²) in [6, 6.07) is 12.1. The Morgan fingerprint density at radius 1 is 1.14 bits per heavy atom. The van der Waals surface area contributed by atoms with Crippen LogP contribution in [-0.4, -0.2) is 57.7 Å². The fourth-order valence-electron chi connectivity index (χ4n) is 4.99. The number of hydrogen-bond acceptors (Lipinski definition) is 6. The van der Waals surface area contributed by atoms with Gasteiger partial charge in [-0.1, -0.05) is 12.1 Å². The van der Waals surface area contributed by atoms with Gasteiger partial charge in [0.05, 0.1) is 17.3 Å². The molecule has 37 heavy (non-hydrogen) atoms. The molecule has 1 saturated heterocycles. The quantitative estimate of drug-likeness (QED) is 0.372. The molecule has 0 bridgehead atoms. The lowest BCUT2D eigenvalue weighted by Gasteiger charge is -2.27. The van der Waals surface area contributed by atoms with E-state index in [-0.39, 0.29) is 11.5 Å². The molecule has 9 heteroatoms. The molecule has 4 aromatic rings. The summed E-state index contributed by atoms with van der Waals surface area (Å²) in [6.07, 6.45) is 7.43. The molecule has 9 nitrogen and oxygen atoms in total. The lowest BCUT2D eigenvalue weighted by molar-refractivity contribution is -0.137. The molecule has 0 atom stereocenters. The molecule has 0 saturated carbocycles. The third-order valence-electron chi connectivity index (χ3n) is 7.12. The maximum Gasteiger partial charge on any atom is 0.259 e. The van der Waals surface area contributed by atoms with Gasteiger partial charge in [0.15, 0.2) is 0 Å². The molecule has 192 valence electrons. The lowest BCUT2D eigenvalue weighted by Crippen LogP contribution is -2.44. The van der Waals surface area contributed by atoms with Crippen LogP contribution in [0.1, 0.15) is 38.2 Å². The molecule has 1 aliphatic heterocycles. The third-order valence-corrected chi connectivity index (χ3v) is 7.12. The number of anilines is 2. The number of rotatable bonds is 6. The monoisotopic (exact) mass is 499 g/mol. The van der Waals surface area contributed by atoms with E-state index in [4.69, 9.17) is 4.98 Å². The van der Waals surface area contributed by atoms with Crippen LogP contribution < -0.4 is 16.2 Å². The first kappa shape index (κ1) is 24.7. The Morgan fingerprint density at radius 3 is 2.57 bits per heavy atom. The van der Waals surface area contributed by atoms with Gasteiger partial charge in [-0.2, -0.15) is 5.10 Å². The standard InChI is InChI=1S/C28H33N7O2/c1-28(2,27(37)34(3)4)35-17-21(16-31-35)23-15-20-11-14-30-26(36)24(20)25(33-23)32-22-7-5-18(6-8-22)19-9-12-29-13-10-19/h5-8,11,14-17,19,29H,9-10,12-13H2,1-4H3,(H,30,36)(H,32,33). The Bertz CT molecular complexity index is 1480. The Morgan fingerprint density at radius 2 is 1.86 bits per heavy atom. The van der Waals surface area contributed by atoms with Crippen LogP contribution in [-0.2, 0) is 10.3 Å². The molecular formula is C28H33N7O2. The summed E-state index contributed by atoms with van der Waals surface area (Å²) < 4.78 is 1.65. The SMILES string of the molecule is CN(C)C(=O)C(C)(C)n1cc(-c2cc3cc[nH]c(=O)c3c(Nc3ccc(C4CCNCC4)cc3)n2)cn1. The lowest BCUT2D eigenvalue weighted by atomic mass is 9.90. The predicted octanol–water partition coefficient (Wildman–Crippen LogP) is 3.82. The first-order valence-corrected chi connectivity index (χ1v) is 12.6. The van der Waals surface area contributed by atoms with Crippen molar-refractivity contribution in [3.63, 3.8) is 0 Å². The van der Waals surface area contributed by atoms with Gasteiger partial charge in [-0.15, -0.1) is 0 Å². The molecule has 3 N–H and O–H groups in total. The van der Waals surface area contributed by atoms with Crippen molar-refractivity contribution in [2.45, 2.75) is 38.1 Å². The average Bonchev–Trinajstić information content (AvgIpc) is 3.40. The topological polar surface area (TPSA) is 108 Å². The van der Waals surface area contributed by atoms with E-state index in [2.05, 4.69) is 32.8 Å². The summed E-state index contributed by atoms with van der Waals surface area (Å²) in [7, 11) is 3.46. The highest BCUT2D eigenvalue weighted by Crippen LogP contribution is 2.30. The van der Waals surface area contributed by atoms with E-state index in [9.17, 15) is 9.59 Å². The third kappa shape index (κ3) is 4.86. The number of carbonyl (C=O) groups is 1. The molecule has 5 rings (SSSR count). The molecule has 3 aromatic heterocycles. The number of fused-ring (bicyclic) bond motifs is 1. The van der Waals surface area contributed by atoms with Crippen molar-refractivity contribution in [1.29, 1.82) is 0 Å².